The average Bonchev–Trinajstić information content (AvgIpc) is 3.05. The highest BCUT2D eigenvalue weighted by Gasteiger charge is 2.61. The smallest absolute Gasteiger partial charge is 0.243 e. The van der Waals surface area contributed by atoms with Gasteiger partial charge in [-0.3, -0.25) is 19.3 Å². The Morgan fingerprint density at radius 2 is 1.61 bits per heavy atom. The molecule has 1 saturated heterocycles. The number of amides is 3. The van der Waals surface area contributed by atoms with Gasteiger partial charge in [0, 0.05) is 5.54 Å². The molecule has 5 atom stereocenters. The molecule has 4 unspecified atom stereocenters. The zero-order chi connectivity index (χ0) is 17.1. The molecule has 126 valence electrons. The van der Waals surface area contributed by atoms with Crippen LogP contribution in [0.4, 0.5) is 0 Å². The molecule has 3 rings (SSSR count). The molecule has 1 N–H and O–H groups in total. The number of nitrogens with one attached hydrogen (secondary N) is 1. The van der Waals surface area contributed by atoms with E-state index in [4.69, 9.17) is 0 Å². The number of nitrogens with zero attached hydrogens (tertiary/aromatic N) is 1. The van der Waals surface area contributed by atoms with Crippen molar-refractivity contribution in [3.63, 3.8) is 0 Å². The number of carbonyl (C=O) groups excluding carboxylic acids is 3. The second-order valence-electron chi connectivity index (χ2n) is 8.47. The molecule has 1 saturated carbocycles. The minimum Gasteiger partial charge on any atom is -0.350 e. The van der Waals surface area contributed by atoms with E-state index in [0.717, 1.165) is 6.42 Å². The van der Waals surface area contributed by atoms with Gasteiger partial charge in [0.1, 0.15) is 6.04 Å². The molecule has 0 aromatic heterocycles. The number of rotatable bonds is 3. The normalized spacial score (nSPS) is 33.6. The Morgan fingerprint density at radius 1 is 1.13 bits per heavy atom. The summed E-state index contributed by atoms with van der Waals surface area (Å²) in [6, 6.07) is -0.723. The van der Waals surface area contributed by atoms with Gasteiger partial charge < -0.3 is 5.32 Å². The fourth-order valence-corrected chi connectivity index (χ4v) is 4.36. The van der Waals surface area contributed by atoms with Crippen LogP contribution in [0.3, 0.4) is 0 Å². The van der Waals surface area contributed by atoms with E-state index in [9.17, 15) is 14.4 Å². The fourth-order valence-electron chi connectivity index (χ4n) is 4.36. The molecular formula is C18H26N2O3. The van der Waals surface area contributed by atoms with Crippen LogP contribution < -0.4 is 5.32 Å². The van der Waals surface area contributed by atoms with Crippen LogP contribution in [0.25, 0.3) is 0 Å². The number of likely N-dealkylation sites (tertiary alicyclic amines) is 1. The Bertz CT molecular complexity index is 558. The predicted molar refractivity (Wildman–Crippen MR) is 86.1 cm³/mol. The third kappa shape index (κ3) is 2.50. The average molecular weight is 318 g/mol. The van der Waals surface area contributed by atoms with Crippen molar-refractivity contribution in [3.05, 3.63) is 12.2 Å². The largest absolute Gasteiger partial charge is 0.350 e. The summed E-state index contributed by atoms with van der Waals surface area (Å²) in [4.78, 5) is 39.8. The van der Waals surface area contributed by atoms with Gasteiger partial charge in [0.2, 0.25) is 17.7 Å². The zero-order valence-corrected chi connectivity index (χ0v) is 14.5. The lowest BCUT2D eigenvalue weighted by Crippen LogP contribution is -2.56. The Hall–Kier alpha value is -1.65. The third-order valence-electron chi connectivity index (χ3n) is 5.18. The lowest BCUT2D eigenvalue weighted by molar-refractivity contribution is -0.150. The summed E-state index contributed by atoms with van der Waals surface area (Å²) < 4.78 is 0. The molecule has 0 aromatic rings. The van der Waals surface area contributed by atoms with E-state index in [2.05, 4.69) is 17.5 Å². The van der Waals surface area contributed by atoms with Gasteiger partial charge >= 0.3 is 0 Å². The Kier molecular flexibility index (Phi) is 3.65. The first kappa shape index (κ1) is 16.2. The van der Waals surface area contributed by atoms with Crippen molar-refractivity contribution >= 4 is 17.7 Å². The molecule has 1 heterocycles. The minimum absolute atomic E-state index is 0.116. The number of hydrogen-bond donors (Lipinski definition) is 1. The molecular weight excluding hydrogens is 292 g/mol. The summed E-state index contributed by atoms with van der Waals surface area (Å²) in [5, 5.41) is 2.92. The first-order chi connectivity index (χ1) is 10.6. The highest BCUT2D eigenvalue weighted by atomic mass is 16.2. The number of allylic oxidation sites excluding steroid dienone is 2. The number of carbonyl (C=O) groups is 3. The maximum absolute atomic E-state index is 12.9. The summed E-state index contributed by atoms with van der Waals surface area (Å²) in [6.07, 6.45) is 5.04. The molecule has 3 amide bonds. The summed E-state index contributed by atoms with van der Waals surface area (Å²) in [5.74, 6) is -0.819. The summed E-state index contributed by atoms with van der Waals surface area (Å²) in [5.41, 5.74) is -0.396. The second kappa shape index (κ2) is 5.18. The van der Waals surface area contributed by atoms with Crippen LogP contribution in [0, 0.1) is 29.6 Å². The Morgan fingerprint density at radius 3 is 2.00 bits per heavy atom. The fraction of sp³-hybridized carbons (Fsp3) is 0.722. The van der Waals surface area contributed by atoms with Crippen molar-refractivity contribution in [2.24, 2.45) is 29.6 Å². The maximum Gasteiger partial charge on any atom is 0.243 e. The van der Waals surface area contributed by atoms with E-state index in [1.807, 2.05) is 34.6 Å². The molecule has 0 radical (unpaired) electrons. The van der Waals surface area contributed by atoms with Crippen molar-refractivity contribution in [2.45, 2.75) is 52.6 Å². The topological polar surface area (TPSA) is 66.5 Å². The molecule has 1 aliphatic heterocycles. The third-order valence-corrected chi connectivity index (χ3v) is 5.18. The van der Waals surface area contributed by atoms with Crippen LogP contribution in [0.2, 0.25) is 0 Å². The van der Waals surface area contributed by atoms with Crippen molar-refractivity contribution in [1.29, 1.82) is 0 Å². The highest BCUT2D eigenvalue weighted by molar-refractivity contribution is 6.09. The van der Waals surface area contributed by atoms with Gasteiger partial charge in [-0.15, -0.1) is 0 Å². The molecule has 0 aromatic carbocycles. The monoisotopic (exact) mass is 318 g/mol. The summed E-state index contributed by atoms with van der Waals surface area (Å²) in [7, 11) is 0. The van der Waals surface area contributed by atoms with Crippen LogP contribution >= 0.6 is 0 Å². The molecule has 5 heteroatoms. The Labute approximate surface area is 137 Å². The van der Waals surface area contributed by atoms with Gasteiger partial charge in [-0.1, -0.05) is 26.0 Å². The molecule has 2 aliphatic carbocycles. The number of hydrogen-bond acceptors (Lipinski definition) is 3. The Balaban J connectivity index is 1.88. The van der Waals surface area contributed by atoms with E-state index >= 15 is 0 Å². The van der Waals surface area contributed by atoms with Crippen LogP contribution in [0.15, 0.2) is 12.2 Å². The quantitative estimate of drug-likeness (QED) is 0.636. The van der Waals surface area contributed by atoms with Gasteiger partial charge in [0.25, 0.3) is 0 Å². The van der Waals surface area contributed by atoms with Crippen LogP contribution in [0.1, 0.15) is 41.0 Å². The van der Waals surface area contributed by atoms with Gasteiger partial charge in [-0.05, 0) is 44.9 Å². The molecule has 2 bridgehead atoms. The maximum atomic E-state index is 12.9. The second-order valence-corrected chi connectivity index (χ2v) is 8.47. The van der Waals surface area contributed by atoms with E-state index < -0.39 is 11.6 Å². The first-order valence-electron chi connectivity index (χ1n) is 8.49. The van der Waals surface area contributed by atoms with Crippen LogP contribution in [-0.2, 0) is 14.4 Å². The molecule has 23 heavy (non-hydrogen) atoms. The van der Waals surface area contributed by atoms with Crippen molar-refractivity contribution < 1.29 is 14.4 Å². The van der Waals surface area contributed by atoms with Crippen molar-refractivity contribution in [2.75, 3.05) is 0 Å². The van der Waals surface area contributed by atoms with Crippen molar-refractivity contribution in [1.82, 2.24) is 10.2 Å². The van der Waals surface area contributed by atoms with Crippen LogP contribution in [0.5, 0.6) is 0 Å². The van der Waals surface area contributed by atoms with Gasteiger partial charge in [-0.25, -0.2) is 0 Å². The lowest BCUT2D eigenvalue weighted by atomic mass is 9.85. The standard InChI is InChI=1S/C18H26N2O3/c1-9(2)14(15(21)19-18(3,4)5)20-16(22)12-10-6-7-11(8-10)13(12)17(20)23/h6-7,9-14H,8H2,1-5H3,(H,19,21)/t10?,11?,12?,13?,14-/m0/s1. The van der Waals surface area contributed by atoms with Gasteiger partial charge in [0.05, 0.1) is 11.8 Å². The SMILES string of the molecule is CC(C)[C@@H](C(=O)NC(C)(C)C)N1C(=O)C2C3C=CC(C3)C2C1=O. The van der Waals surface area contributed by atoms with E-state index in [1.165, 1.54) is 4.90 Å². The number of fused-ring (bicyclic) bond motifs is 5. The van der Waals surface area contributed by atoms with Crippen LogP contribution in [-0.4, -0.2) is 34.2 Å². The zero-order valence-electron chi connectivity index (χ0n) is 14.5. The van der Waals surface area contributed by atoms with Crippen molar-refractivity contribution in [3.8, 4) is 0 Å². The molecule has 5 nitrogen and oxygen atoms in total. The van der Waals surface area contributed by atoms with E-state index in [-0.39, 0.29) is 47.3 Å². The van der Waals surface area contributed by atoms with Gasteiger partial charge in [0.15, 0.2) is 0 Å². The molecule has 3 aliphatic rings. The predicted octanol–water partition coefficient (Wildman–Crippen LogP) is 1.73. The van der Waals surface area contributed by atoms with E-state index in [1.54, 1.807) is 0 Å². The van der Waals surface area contributed by atoms with Gasteiger partial charge in [-0.2, -0.15) is 0 Å². The van der Waals surface area contributed by atoms with E-state index in [0.29, 0.717) is 0 Å². The summed E-state index contributed by atoms with van der Waals surface area (Å²) in [6.45, 7) is 9.46. The first-order valence-corrected chi connectivity index (χ1v) is 8.49. The molecule has 2 fully saturated rings. The molecule has 0 spiro atoms. The summed E-state index contributed by atoms with van der Waals surface area (Å²) >= 11 is 0. The minimum atomic E-state index is -0.723. The highest BCUT2D eigenvalue weighted by Crippen LogP contribution is 2.53. The lowest BCUT2D eigenvalue weighted by Gasteiger charge is -2.32. The number of imide groups is 1.